The first kappa shape index (κ1) is 15.7. The highest BCUT2D eigenvalue weighted by Gasteiger charge is 2.17. The number of hydrogen-bond acceptors (Lipinski definition) is 4. The first-order valence-electron chi connectivity index (χ1n) is 7.11. The molecular formula is C15H22N3O2S+. The van der Waals surface area contributed by atoms with Crippen molar-refractivity contribution in [2.24, 2.45) is 0 Å². The van der Waals surface area contributed by atoms with Gasteiger partial charge in [0, 0.05) is 6.92 Å². The Morgan fingerprint density at radius 2 is 2.19 bits per heavy atom. The topological polar surface area (TPSA) is 46.9 Å². The van der Waals surface area contributed by atoms with Crippen molar-refractivity contribution in [1.29, 1.82) is 0 Å². The zero-order valence-electron chi connectivity index (χ0n) is 13.0. The van der Waals surface area contributed by atoms with Crippen molar-refractivity contribution in [2.45, 2.75) is 13.8 Å². The fourth-order valence-corrected chi connectivity index (χ4v) is 3.05. The summed E-state index contributed by atoms with van der Waals surface area (Å²) >= 11 is 1.53. The maximum Gasteiger partial charge on any atom is 0.225 e. The SMILES string of the molecule is CCOc1ccc2nc(N(CC[NH+](C)C)C(C)=O)sc2c1. The highest BCUT2D eigenvalue weighted by atomic mass is 32.1. The number of amides is 1. The molecule has 0 fully saturated rings. The van der Waals surface area contributed by atoms with Crippen LogP contribution in [0.1, 0.15) is 13.8 Å². The number of likely N-dealkylation sites (N-methyl/N-ethyl adjacent to an activating group) is 1. The van der Waals surface area contributed by atoms with Crippen molar-refractivity contribution in [3.63, 3.8) is 0 Å². The van der Waals surface area contributed by atoms with Gasteiger partial charge in [0.1, 0.15) is 5.75 Å². The van der Waals surface area contributed by atoms with E-state index < -0.39 is 0 Å². The molecule has 1 aromatic carbocycles. The third kappa shape index (κ3) is 3.92. The number of thiazole rings is 1. The Balaban J connectivity index is 2.28. The number of nitrogens with one attached hydrogen (secondary N) is 1. The molecule has 0 saturated heterocycles. The number of anilines is 1. The minimum Gasteiger partial charge on any atom is -0.494 e. The van der Waals surface area contributed by atoms with E-state index in [9.17, 15) is 4.79 Å². The molecule has 1 amide bonds. The normalized spacial score (nSPS) is 11.1. The van der Waals surface area contributed by atoms with Gasteiger partial charge in [-0.1, -0.05) is 11.3 Å². The number of carbonyl (C=O) groups excluding carboxylic acids is 1. The summed E-state index contributed by atoms with van der Waals surface area (Å²) in [7, 11) is 4.15. The van der Waals surface area contributed by atoms with Crippen LogP contribution in [0.2, 0.25) is 0 Å². The second-order valence-electron chi connectivity index (χ2n) is 5.19. The number of quaternary nitrogens is 1. The van der Waals surface area contributed by atoms with Crippen LogP contribution in [-0.4, -0.2) is 44.7 Å². The van der Waals surface area contributed by atoms with E-state index in [-0.39, 0.29) is 5.91 Å². The predicted molar refractivity (Wildman–Crippen MR) is 86.5 cm³/mol. The summed E-state index contributed by atoms with van der Waals surface area (Å²) < 4.78 is 6.55. The van der Waals surface area contributed by atoms with Crippen molar-refractivity contribution >= 4 is 32.6 Å². The second-order valence-corrected chi connectivity index (χ2v) is 6.20. The molecule has 0 bridgehead atoms. The lowest BCUT2D eigenvalue weighted by Crippen LogP contribution is -3.06. The summed E-state index contributed by atoms with van der Waals surface area (Å²) in [6.45, 7) is 5.75. The largest absolute Gasteiger partial charge is 0.494 e. The quantitative estimate of drug-likeness (QED) is 0.872. The molecule has 21 heavy (non-hydrogen) atoms. The summed E-state index contributed by atoms with van der Waals surface area (Å²) in [6, 6.07) is 5.84. The van der Waals surface area contributed by atoms with Crippen LogP contribution in [0.15, 0.2) is 18.2 Å². The Morgan fingerprint density at radius 3 is 2.81 bits per heavy atom. The van der Waals surface area contributed by atoms with Gasteiger partial charge in [0.25, 0.3) is 0 Å². The number of fused-ring (bicyclic) bond motifs is 1. The first-order chi connectivity index (χ1) is 10.0. The van der Waals surface area contributed by atoms with Crippen LogP contribution in [0.5, 0.6) is 5.75 Å². The minimum absolute atomic E-state index is 0.0281. The smallest absolute Gasteiger partial charge is 0.225 e. The van der Waals surface area contributed by atoms with E-state index in [2.05, 4.69) is 19.1 Å². The molecule has 0 spiro atoms. The van der Waals surface area contributed by atoms with Crippen molar-refractivity contribution < 1.29 is 14.4 Å². The fraction of sp³-hybridized carbons (Fsp3) is 0.467. The molecule has 114 valence electrons. The van der Waals surface area contributed by atoms with Gasteiger partial charge in [0.2, 0.25) is 5.91 Å². The minimum atomic E-state index is 0.0281. The summed E-state index contributed by atoms with van der Waals surface area (Å²) in [4.78, 5) is 19.5. The van der Waals surface area contributed by atoms with Crippen LogP contribution >= 0.6 is 11.3 Å². The van der Waals surface area contributed by atoms with Gasteiger partial charge in [-0.3, -0.25) is 9.69 Å². The predicted octanol–water partition coefficient (Wildman–Crippen LogP) is 1.19. The van der Waals surface area contributed by atoms with Crippen LogP contribution in [0.25, 0.3) is 10.2 Å². The van der Waals surface area contributed by atoms with Crippen molar-refractivity contribution in [3.05, 3.63) is 18.2 Å². The summed E-state index contributed by atoms with van der Waals surface area (Å²) in [6.07, 6.45) is 0. The van der Waals surface area contributed by atoms with E-state index in [1.54, 1.807) is 11.8 Å². The molecule has 1 heterocycles. The van der Waals surface area contributed by atoms with Crippen LogP contribution in [0, 0.1) is 0 Å². The van der Waals surface area contributed by atoms with Gasteiger partial charge in [-0.2, -0.15) is 0 Å². The standard InChI is InChI=1S/C15H21N3O2S/c1-5-20-12-6-7-13-14(10-12)21-15(16-13)18(11(2)19)9-8-17(3)4/h6-7,10H,5,8-9H2,1-4H3/p+1. The Bertz CT molecular complexity index is 624. The molecule has 1 aromatic heterocycles. The summed E-state index contributed by atoms with van der Waals surface area (Å²) in [5.41, 5.74) is 0.905. The van der Waals surface area contributed by atoms with Crippen LogP contribution in [0.4, 0.5) is 5.13 Å². The Labute approximate surface area is 129 Å². The van der Waals surface area contributed by atoms with E-state index in [0.717, 1.165) is 27.6 Å². The molecule has 1 N–H and O–H groups in total. The van der Waals surface area contributed by atoms with Gasteiger partial charge in [0.05, 0.1) is 44.0 Å². The molecule has 2 aromatic rings. The van der Waals surface area contributed by atoms with E-state index in [1.807, 2.05) is 25.1 Å². The second kappa shape index (κ2) is 6.87. The van der Waals surface area contributed by atoms with E-state index in [0.29, 0.717) is 13.2 Å². The maximum absolute atomic E-state index is 11.9. The van der Waals surface area contributed by atoms with Crippen molar-refractivity contribution in [3.8, 4) is 5.75 Å². The fourth-order valence-electron chi connectivity index (χ4n) is 1.99. The highest BCUT2D eigenvalue weighted by Crippen LogP contribution is 2.31. The number of aromatic nitrogens is 1. The Morgan fingerprint density at radius 1 is 1.43 bits per heavy atom. The molecule has 0 radical (unpaired) electrons. The lowest BCUT2D eigenvalue weighted by atomic mass is 10.3. The number of carbonyl (C=O) groups is 1. The number of nitrogens with zero attached hydrogens (tertiary/aromatic N) is 2. The first-order valence-corrected chi connectivity index (χ1v) is 7.93. The molecule has 5 nitrogen and oxygen atoms in total. The van der Waals surface area contributed by atoms with Gasteiger partial charge < -0.3 is 9.64 Å². The van der Waals surface area contributed by atoms with Gasteiger partial charge in [-0.05, 0) is 25.1 Å². The summed E-state index contributed by atoms with van der Waals surface area (Å²) in [5.74, 6) is 0.868. The maximum atomic E-state index is 11.9. The third-order valence-electron chi connectivity index (χ3n) is 3.11. The number of hydrogen-bond donors (Lipinski definition) is 1. The van der Waals surface area contributed by atoms with Crippen LogP contribution in [0.3, 0.4) is 0 Å². The zero-order chi connectivity index (χ0) is 15.4. The molecule has 0 atom stereocenters. The molecule has 0 aliphatic heterocycles. The Kier molecular flexibility index (Phi) is 5.14. The zero-order valence-corrected chi connectivity index (χ0v) is 13.8. The average Bonchev–Trinajstić information content (AvgIpc) is 2.81. The van der Waals surface area contributed by atoms with Gasteiger partial charge in [-0.25, -0.2) is 4.98 Å². The number of rotatable bonds is 6. The lowest BCUT2D eigenvalue weighted by molar-refractivity contribution is -0.856. The number of benzene rings is 1. The molecule has 0 saturated carbocycles. The van der Waals surface area contributed by atoms with E-state index in [4.69, 9.17) is 4.74 Å². The van der Waals surface area contributed by atoms with Gasteiger partial charge >= 0.3 is 0 Å². The molecule has 2 rings (SSSR count). The lowest BCUT2D eigenvalue weighted by Gasteiger charge is -2.18. The van der Waals surface area contributed by atoms with Crippen LogP contribution in [-0.2, 0) is 4.79 Å². The molecule has 0 aliphatic carbocycles. The number of ether oxygens (including phenoxy) is 1. The third-order valence-corrected chi connectivity index (χ3v) is 4.15. The van der Waals surface area contributed by atoms with Gasteiger partial charge in [0.15, 0.2) is 5.13 Å². The molecular weight excluding hydrogens is 286 g/mol. The molecule has 6 heteroatoms. The molecule has 0 unspecified atom stereocenters. The molecule has 0 aliphatic rings. The van der Waals surface area contributed by atoms with E-state index in [1.165, 1.54) is 16.2 Å². The van der Waals surface area contributed by atoms with E-state index >= 15 is 0 Å². The monoisotopic (exact) mass is 308 g/mol. The Hall–Kier alpha value is -1.66. The van der Waals surface area contributed by atoms with Crippen LogP contribution < -0.4 is 14.5 Å². The van der Waals surface area contributed by atoms with Gasteiger partial charge in [-0.15, -0.1) is 0 Å². The highest BCUT2D eigenvalue weighted by molar-refractivity contribution is 7.22. The average molecular weight is 308 g/mol. The van der Waals surface area contributed by atoms with Crippen molar-refractivity contribution in [2.75, 3.05) is 38.7 Å². The summed E-state index contributed by atoms with van der Waals surface area (Å²) in [5, 5.41) is 0.757. The van der Waals surface area contributed by atoms with Crippen molar-refractivity contribution in [1.82, 2.24) is 4.98 Å².